The average Bonchev–Trinajstić information content (AvgIpc) is 3.09. The van der Waals surface area contributed by atoms with E-state index in [1.807, 2.05) is 13.8 Å². The number of amides is 1. The van der Waals surface area contributed by atoms with Crippen molar-refractivity contribution in [3.8, 4) is 0 Å². The van der Waals surface area contributed by atoms with E-state index in [4.69, 9.17) is 0 Å². The van der Waals surface area contributed by atoms with Crippen molar-refractivity contribution in [3.05, 3.63) is 67.5 Å². The Bertz CT molecular complexity index is 1100. The highest BCUT2D eigenvalue weighted by Gasteiger charge is 2.23. The quantitative estimate of drug-likeness (QED) is 0.710. The van der Waals surface area contributed by atoms with E-state index in [1.165, 1.54) is 28.2 Å². The Morgan fingerprint density at radius 1 is 1.28 bits per heavy atom. The van der Waals surface area contributed by atoms with Crippen LogP contribution in [0.15, 0.2) is 29.1 Å². The van der Waals surface area contributed by atoms with Gasteiger partial charge in [0.05, 0.1) is 17.2 Å². The summed E-state index contributed by atoms with van der Waals surface area (Å²) in [5.74, 6) is 0.309. The summed E-state index contributed by atoms with van der Waals surface area (Å²) in [6.45, 7) is 4.53. The van der Waals surface area contributed by atoms with Crippen molar-refractivity contribution in [3.63, 3.8) is 0 Å². The number of aromatic nitrogens is 4. The lowest BCUT2D eigenvalue weighted by Crippen LogP contribution is -2.35. The maximum atomic E-state index is 13.1. The fourth-order valence-electron chi connectivity index (χ4n) is 3.63. The van der Waals surface area contributed by atoms with Crippen LogP contribution in [0.4, 0.5) is 4.39 Å². The highest BCUT2D eigenvalue weighted by molar-refractivity contribution is 7.13. The molecule has 0 saturated heterocycles. The number of rotatable bonds is 4. The fourth-order valence-corrected chi connectivity index (χ4v) is 4.45. The molecule has 1 aromatic carbocycles. The molecule has 0 bridgehead atoms. The second-order valence-electron chi connectivity index (χ2n) is 7.28. The highest BCUT2D eigenvalue weighted by Crippen LogP contribution is 2.19. The molecule has 3 aromatic rings. The minimum atomic E-state index is -0.307. The van der Waals surface area contributed by atoms with Crippen LogP contribution in [-0.4, -0.2) is 31.3 Å². The van der Waals surface area contributed by atoms with E-state index in [1.54, 1.807) is 16.7 Å². The normalized spacial score (nSPS) is 16.3. The zero-order valence-electron chi connectivity index (χ0n) is 16.3. The first-order valence-electron chi connectivity index (χ1n) is 9.56. The molecular weight excluding hydrogens is 393 g/mol. The Morgan fingerprint density at radius 2 is 2.03 bits per heavy atom. The van der Waals surface area contributed by atoms with Crippen LogP contribution >= 0.6 is 11.3 Å². The number of nitrogens with one attached hydrogen (secondary N) is 1. The smallest absolute Gasteiger partial charge is 0.346 e. The van der Waals surface area contributed by atoms with Gasteiger partial charge in [0.1, 0.15) is 16.5 Å². The predicted octanol–water partition coefficient (Wildman–Crippen LogP) is 2.44. The molecule has 1 amide bonds. The van der Waals surface area contributed by atoms with Gasteiger partial charge in [-0.2, -0.15) is 5.10 Å². The van der Waals surface area contributed by atoms with Crippen LogP contribution in [0.2, 0.25) is 0 Å². The van der Waals surface area contributed by atoms with Crippen molar-refractivity contribution in [1.82, 2.24) is 24.6 Å². The van der Waals surface area contributed by atoms with Gasteiger partial charge in [0.25, 0.3) is 5.91 Å². The van der Waals surface area contributed by atoms with E-state index in [-0.39, 0.29) is 23.5 Å². The van der Waals surface area contributed by atoms with Gasteiger partial charge < -0.3 is 5.32 Å². The molecule has 1 aliphatic rings. The molecule has 0 fully saturated rings. The molecule has 152 valence electrons. The van der Waals surface area contributed by atoms with Gasteiger partial charge in [-0.15, -0.1) is 11.3 Å². The van der Waals surface area contributed by atoms with Crippen LogP contribution < -0.4 is 11.0 Å². The fraction of sp³-hybridized carbons (Fsp3) is 0.400. The van der Waals surface area contributed by atoms with Gasteiger partial charge in [-0.05, 0) is 44.4 Å². The zero-order chi connectivity index (χ0) is 20.5. The first kappa shape index (κ1) is 19.5. The maximum absolute atomic E-state index is 13.1. The first-order chi connectivity index (χ1) is 13.9. The average molecular weight is 415 g/mol. The lowest BCUT2D eigenvalue weighted by atomic mass is 10.1. The van der Waals surface area contributed by atoms with Gasteiger partial charge in [0, 0.05) is 19.0 Å². The molecular formula is C20H22FN5O2S. The van der Waals surface area contributed by atoms with Gasteiger partial charge in [-0.1, -0.05) is 12.1 Å². The number of fused-ring (bicyclic) bond motifs is 1. The number of thiazole rings is 1. The Labute approximate surface area is 171 Å². The minimum absolute atomic E-state index is 0.0176. The molecule has 0 aliphatic carbocycles. The minimum Gasteiger partial charge on any atom is -0.348 e. The number of hydrogen-bond donors (Lipinski definition) is 1. The van der Waals surface area contributed by atoms with E-state index in [9.17, 15) is 14.0 Å². The molecule has 1 atom stereocenters. The Kier molecular flexibility index (Phi) is 5.31. The van der Waals surface area contributed by atoms with E-state index < -0.39 is 0 Å². The van der Waals surface area contributed by atoms with E-state index in [0.29, 0.717) is 30.8 Å². The SMILES string of the molecule is Cc1nc(C)c(C(=O)NC2CCc3nn(Cc4ccc(F)cc4)c(=O)n3CC2)s1. The molecule has 9 heteroatoms. The number of aryl methyl sites for hydroxylation is 3. The summed E-state index contributed by atoms with van der Waals surface area (Å²) in [7, 11) is 0. The third-order valence-electron chi connectivity index (χ3n) is 5.11. The molecule has 3 heterocycles. The summed E-state index contributed by atoms with van der Waals surface area (Å²) in [5, 5.41) is 8.42. The summed E-state index contributed by atoms with van der Waals surface area (Å²) < 4.78 is 16.2. The van der Waals surface area contributed by atoms with Gasteiger partial charge in [0.15, 0.2) is 0 Å². The van der Waals surface area contributed by atoms with Crippen LogP contribution in [0, 0.1) is 19.7 Å². The van der Waals surface area contributed by atoms with E-state index in [0.717, 1.165) is 28.5 Å². The van der Waals surface area contributed by atoms with Gasteiger partial charge in [0.2, 0.25) is 0 Å². The molecule has 0 saturated carbocycles. The number of benzene rings is 1. The standard InChI is InChI=1S/C20H22FN5O2S/c1-12-18(29-13(2)22-12)19(27)23-16-7-8-17-24-26(20(28)25(17)10-9-16)11-14-3-5-15(21)6-4-14/h3-6,16H,7-11H2,1-2H3,(H,23,27). The van der Waals surface area contributed by atoms with Crippen LogP contribution in [0.5, 0.6) is 0 Å². The molecule has 2 aromatic heterocycles. The Morgan fingerprint density at radius 3 is 2.72 bits per heavy atom. The molecule has 0 spiro atoms. The van der Waals surface area contributed by atoms with Crippen LogP contribution in [0.1, 0.15) is 44.6 Å². The predicted molar refractivity (Wildman–Crippen MR) is 108 cm³/mol. The molecule has 4 rings (SSSR count). The van der Waals surface area contributed by atoms with Crippen LogP contribution in [-0.2, 0) is 19.5 Å². The van der Waals surface area contributed by atoms with Crippen molar-refractivity contribution in [2.45, 2.75) is 52.2 Å². The van der Waals surface area contributed by atoms with Crippen molar-refractivity contribution >= 4 is 17.2 Å². The van der Waals surface area contributed by atoms with Gasteiger partial charge >= 0.3 is 5.69 Å². The van der Waals surface area contributed by atoms with Crippen molar-refractivity contribution < 1.29 is 9.18 Å². The number of carbonyl (C=O) groups is 1. The summed E-state index contributed by atoms with van der Waals surface area (Å²) in [6, 6.07) is 6.04. The molecule has 7 nitrogen and oxygen atoms in total. The Balaban J connectivity index is 1.43. The lowest BCUT2D eigenvalue weighted by molar-refractivity contribution is 0.0936. The van der Waals surface area contributed by atoms with Crippen LogP contribution in [0.25, 0.3) is 0 Å². The highest BCUT2D eigenvalue weighted by atomic mass is 32.1. The molecule has 29 heavy (non-hydrogen) atoms. The maximum Gasteiger partial charge on any atom is 0.346 e. The van der Waals surface area contributed by atoms with Crippen molar-refractivity contribution in [1.29, 1.82) is 0 Å². The summed E-state index contributed by atoms with van der Waals surface area (Å²) in [5.41, 5.74) is 1.39. The first-order valence-corrected chi connectivity index (χ1v) is 10.4. The topological polar surface area (TPSA) is 81.8 Å². The Hall–Kier alpha value is -2.81. The largest absolute Gasteiger partial charge is 0.348 e. The molecule has 1 aliphatic heterocycles. The summed E-state index contributed by atoms with van der Waals surface area (Å²) in [6.07, 6.45) is 1.99. The van der Waals surface area contributed by atoms with Gasteiger partial charge in [-0.3, -0.25) is 9.36 Å². The third kappa shape index (κ3) is 4.14. The third-order valence-corrected chi connectivity index (χ3v) is 6.18. The van der Waals surface area contributed by atoms with Gasteiger partial charge in [-0.25, -0.2) is 18.9 Å². The number of hydrogen-bond acceptors (Lipinski definition) is 5. The van der Waals surface area contributed by atoms with E-state index in [2.05, 4.69) is 15.4 Å². The number of carbonyl (C=O) groups excluding carboxylic acids is 1. The second kappa shape index (κ2) is 7.90. The second-order valence-corrected chi connectivity index (χ2v) is 8.48. The van der Waals surface area contributed by atoms with E-state index >= 15 is 0 Å². The van der Waals surface area contributed by atoms with Crippen LogP contribution in [0.3, 0.4) is 0 Å². The molecule has 1 unspecified atom stereocenters. The monoisotopic (exact) mass is 415 g/mol. The number of halogens is 1. The molecule has 1 N–H and O–H groups in total. The summed E-state index contributed by atoms with van der Waals surface area (Å²) >= 11 is 1.39. The summed E-state index contributed by atoms with van der Waals surface area (Å²) in [4.78, 5) is 30.2. The van der Waals surface area contributed by atoms with Crippen molar-refractivity contribution in [2.24, 2.45) is 0 Å². The number of nitrogens with zero attached hydrogens (tertiary/aromatic N) is 4. The molecule has 0 radical (unpaired) electrons. The van der Waals surface area contributed by atoms with Crippen molar-refractivity contribution in [2.75, 3.05) is 0 Å². The zero-order valence-corrected chi connectivity index (χ0v) is 17.1. The lowest BCUT2D eigenvalue weighted by Gasteiger charge is -2.15.